The zero-order valence-electron chi connectivity index (χ0n) is 14.5. The van der Waals surface area contributed by atoms with Gasteiger partial charge in [0.25, 0.3) is 5.91 Å². The van der Waals surface area contributed by atoms with E-state index in [0.717, 1.165) is 19.3 Å². The quantitative estimate of drug-likeness (QED) is 0.653. The largest absolute Gasteiger partial charge is 0.456 e. The summed E-state index contributed by atoms with van der Waals surface area (Å²) in [5, 5.41) is 3.32. The van der Waals surface area contributed by atoms with Crippen LogP contribution in [0.4, 0.5) is 0 Å². The first-order valence-corrected chi connectivity index (χ1v) is 8.40. The molecular weight excluding hydrogens is 397 g/mol. The Kier molecular flexibility index (Phi) is 12.0. The lowest BCUT2D eigenvalue weighted by Gasteiger charge is -2.17. The number of aromatic nitrogens is 1. The molecule has 0 radical (unpaired) electrons. The lowest BCUT2D eigenvalue weighted by molar-refractivity contribution is 0.0936. The van der Waals surface area contributed by atoms with Crippen molar-refractivity contribution in [2.24, 2.45) is 5.73 Å². The van der Waals surface area contributed by atoms with Crippen LogP contribution in [0.25, 0.3) is 0 Å². The number of amides is 1. The molecule has 0 aliphatic carbocycles. The van der Waals surface area contributed by atoms with Gasteiger partial charge in [0.2, 0.25) is 0 Å². The monoisotopic (exact) mass is 419 g/mol. The van der Waals surface area contributed by atoms with Crippen LogP contribution in [-0.2, 0) is 0 Å². The molecule has 0 aliphatic heterocycles. The van der Waals surface area contributed by atoms with E-state index in [1.165, 1.54) is 0 Å². The summed E-state index contributed by atoms with van der Waals surface area (Å²) in [4.78, 5) is 16.3. The van der Waals surface area contributed by atoms with Gasteiger partial charge in [-0.3, -0.25) is 9.78 Å². The molecule has 2 rings (SSSR count). The molecule has 1 aromatic heterocycles. The molecule has 5 nitrogen and oxygen atoms in total. The summed E-state index contributed by atoms with van der Waals surface area (Å²) in [6.07, 6.45) is 6.24. The van der Waals surface area contributed by atoms with Gasteiger partial charge in [0.05, 0.1) is 5.02 Å². The van der Waals surface area contributed by atoms with E-state index < -0.39 is 0 Å². The molecule has 1 aromatic carbocycles. The molecule has 0 saturated carbocycles. The van der Waals surface area contributed by atoms with Gasteiger partial charge < -0.3 is 15.8 Å². The summed E-state index contributed by atoms with van der Waals surface area (Å²) in [7, 11) is 0. The Balaban J connectivity index is 0.00000312. The van der Waals surface area contributed by atoms with Crippen molar-refractivity contribution < 1.29 is 9.53 Å². The molecule has 0 bridgehead atoms. The maximum atomic E-state index is 12.3. The van der Waals surface area contributed by atoms with Gasteiger partial charge in [0.15, 0.2) is 0 Å². The van der Waals surface area contributed by atoms with Gasteiger partial charge in [-0.2, -0.15) is 0 Å². The second kappa shape index (κ2) is 12.8. The van der Waals surface area contributed by atoms with E-state index in [2.05, 4.69) is 17.2 Å². The van der Waals surface area contributed by atoms with Gasteiger partial charge >= 0.3 is 0 Å². The van der Waals surface area contributed by atoms with Crippen LogP contribution in [0.3, 0.4) is 0 Å². The summed E-state index contributed by atoms with van der Waals surface area (Å²) in [5.74, 6) is 0.937. The highest BCUT2D eigenvalue weighted by molar-refractivity contribution is 6.32. The fourth-order valence-electron chi connectivity index (χ4n) is 2.23. The molecule has 0 saturated heterocycles. The minimum Gasteiger partial charge on any atom is -0.456 e. The van der Waals surface area contributed by atoms with Crippen molar-refractivity contribution in [1.29, 1.82) is 0 Å². The first kappa shape index (κ1) is 24.5. The SMILES string of the molecule is CCCCC(CN)NC(=O)c1ccc(Oc2ccncc2)c(Cl)c1.Cl.Cl. The molecule has 144 valence electrons. The van der Waals surface area contributed by atoms with E-state index in [1.807, 2.05) is 0 Å². The van der Waals surface area contributed by atoms with Crippen LogP contribution in [-0.4, -0.2) is 23.5 Å². The van der Waals surface area contributed by atoms with Crippen molar-refractivity contribution in [2.75, 3.05) is 6.54 Å². The maximum Gasteiger partial charge on any atom is 0.251 e. The van der Waals surface area contributed by atoms with Crippen LogP contribution >= 0.6 is 36.4 Å². The number of ether oxygens (including phenoxy) is 1. The Morgan fingerprint density at radius 1 is 1.27 bits per heavy atom. The third-order valence-electron chi connectivity index (χ3n) is 3.60. The summed E-state index contributed by atoms with van der Waals surface area (Å²) in [6.45, 7) is 2.53. The van der Waals surface area contributed by atoms with Crippen molar-refractivity contribution >= 4 is 42.3 Å². The lowest BCUT2D eigenvalue weighted by Crippen LogP contribution is -2.40. The Labute approximate surface area is 171 Å². The fraction of sp³-hybridized carbons (Fsp3) is 0.333. The number of carbonyl (C=O) groups is 1. The van der Waals surface area contributed by atoms with E-state index >= 15 is 0 Å². The standard InChI is InChI=1S/C18H22ClN3O2.2ClH/c1-2-3-4-14(12-20)22-18(23)13-5-6-17(16(19)11-13)24-15-7-9-21-10-8-15;;/h5-11,14H,2-4,12,20H2,1H3,(H,22,23);2*1H. The molecule has 0 spiro atoms. The molecule has 1 amide bonds. The average molecular weight is 421 g/mol. The number of hydrogen-bond acceptors (Lipinski definition) is 4. The Hall–Kier alpha value is -1.53. The lowest BCUT2D eigenvalue weighted by atomic mass is 10.1. The Bertz CT molecular complexity index is 672. The van der Waals surface area contributed by atoms with Gasteiger partial charge in [-0.1, -0.05) is 31.4 Å². The topological polar surface area (TPSA) is 77.2 Å². The van der Waals surface area contributed by atoms with Crippen molar-refractivity contribution in [3.8, 4) is 11.5 Å². The number of nitrogens with zero attached hydrogens (tertiary/aromatic N) is 1. The number of halogens is 3. The number of hydrogen-bond donors (Lipinski definition) is 2. The van der Waals surface area contributed by atoms with Crippen LogP contribution in [0.2, 0.25) is 5.02 Å². The normalized spacial score (nSPS) is 10.9. The smallest absolute Gasteiger partial charge is 0.251 e. The van der Waals surface area contributed by atoms with Gasteiger partial charge in [-0.15, -0.1) is 24.8 Å². The number of carbonyl (C=O) groups excluding carboxylic acids is 1. The molecule has 1 atom stereocenters. The number of benzene rings is 1. The summed E-state index contributed by atoms with van der Waals surface area (Å²) in [6, 6.07) is 8.41. The van der Waals surface area contributed by atoms with Crippen LogP contribution in [0.1, 0.15) is 36.5 Å². The molecular formula is C18H24Cl3N3O2. The molecule has 8 heteroatoms. The molecule has 3 N–H and O–H groups in total. The zero-order chi connectivity index (χ0) is 17.4. The predicted molar refractivity (Wildman–Crippen MR) is 110 cm³/mol. The molecule has 1 unspecified atom stereocenters. The van der Waals surface area contributed by atoms with Crippen molar-refractivity contribution in [3.63, 3.8) is 0 Å². The molecule has 2 aromatic rings. The van der Waals surface area contributed by atoms with Crippen molar-refractivity contribution in [1.82, 2.24) is 10.3 Å². The number of rotatable bonds is 8. The molecule has 1 heterocycles. The van der Waals surface area contributed by atoms with Gasteiger partial charge in [0.1, 0.15) is 11.5 Å². The second-order valence-corrected chi connectivity index (χ2v) is 5.89. The number of unbranched alkanes of at least 4 members (excludes halogenated alkanes) is 1. The molecule has 26 heavy (non-hydrogen) atoms. The Morgan fingerprint density at radius 3 is 2.54 bits per heavy atom. The van der Waals surface area contributed by atoms with Gasteiger partial charge in [-0.05, 0) is 36.8 Å². The van der Waals surface area contributed by atoms with Crippen LogP contribution in [0.15, 0.2) is 42.7 Å². The van der Waals surface area contributed by atoms with E-state index in [4.69, 9.17) is 22.1 Å². The van der Waals surface area contributed by atoms with E-state index in [9.17, 15) is 4.79 Å². The number of nitrogens with two attached hydrogens (primary N) is 1. The first-order valence-electron chi connectivity index (χ1n) is 8.02. The minimum absolute atomic E-state index is 0. The highest BCUT2D eigenvalue weighted by atomic mass is 35.5. The van der Waals surface area contributed by atoms with E-state index in [0.29, 0.717) is 28.6 Å². The van der Waals surface area contributed by atoms with Crippen LogP contribution in [0, 0.1) is 0 Å². The number of pyridine rings is 1. The summed E-state index contributed by atoms with van der Waals surface area (Å²) < 4.78 is 5.68. The highest BCUT2D eigenvalue weighted by Gasteiger charge is 2.14. The van der Waals surface area contributed by atoms with Gasteiger partial charge in [0, 0.05) is 30.5 Å². The minimum atomic E-state index is -0.182. The summed E-state index contributed by atoms with van der Waals surface area (Å²) >= 11 is 6.23. The Morgan fingerprint density at radius 2 is 1.96 bits per heavy atom. The molecule has 0 aliphatic rings. The first-order chi connectivity index (χ1) is 11.6. The van der Waals surface area contributed by atoms with Crippen LogP contribution < -0.4 is 15.8 Å². The fourth-order valence-corrected chi connectivity index (χ4v) is 2.45. The van der Waals surface area contributed by atoms with Gasteiger partial charge in [-0.25, -0.2) is 0 Å². The maximum absolute atomic E-state index is 12.3. The van der Waals surface area contributed by atoms with E-state index in [1.54, 1.807) is 42.7 Å². The summed E-state index contributed by atoms with van der Waals surface area (Å²) in [5.41, 5.74) is 6.20. The third kappa shape index (κ3) is 7.38. The third-order valence-corrected chi connectivity index (χ3v) is 3.89. The highest BCUT2D eigenvalue weighted by Crippen LogP contribution is 2.29. The van der Waals surface area contributed by atoms with E-state index in [-0.39, 0.29) is 36.8 Å². The van der Waals surface area contributed by atoms with Crippen LogP contribution in [0.5, 0.6) is 11.5 Å². The predicted octanol–water partition coefficient (Wildman–Crippen LogP) is 4.62. The second-order valence-electron chi connectivity index (χ2n) is 5.48. The van der Waals surface area contributed by atoms with Crippen molar-refractivity contribution in [2.45, 2.75) is 32.2 Å². The zero-order valence-corrected chi connectivity index (χ0v) is 16.9. The van der Waals surface area contributed by atoms with Crippen molar-refractivity contribution in [3.05, 3.63) is 53.3 Å². The average Bonchev–Trinajstić information content (AvgIpc) is 2.61. The number of nitrogens with one attached hydrogen (secondary N) is 1. The molecule has 0 fully saturated rings.